The van der Waals surface area contributed by atoms with Crippen molar-refractivity contribution in [3.05, 3.63) is 71.8 Å². The molecule has 1 amide bonds. The molecule has 0 unspecified atom stereocenters. The Balaban J connectivity index is 1.50. The lowest BCUT2D eigenvalue weighted by Crippen LogP contribution is -2.36. The number of aromatic nitrogens is 2. The van der Waals surface area contributed by atoms with Crippen molar-refractivity contribution in [1.82, 2.24) is 19.8 Å². The SMILES string of the molecule is COCC(=O)NC1=CC(Oc2ccc3c(c2)nc(Nc2ccc(C(F)(F)F)cc2)n3C)=CCN1C. The Morgan fingerprint density at radius 1 is 1.14 bits per heavy atom. The van der Waals surface area contributed by atoms with E-state index in [2.05, 4.69) is 15.6 Å². The third-order valence-electron chi connectivity index (χ3n) is 5.36. The van der Waals surface area contributed by atoms with Gasteiger partial charge in [0.15, 0.2) is 0 Å². The molecule has 0 atom stereocenters. The predicted octanol–water partition coefficient (Wildman–Crippen LogP) is 4.15. The third kappa shape index (κ3) is 5.57. The van der Waals surface area contributed by atoms with Gasteiger partial charge in [-0.05, 0) is 42.5 Å². The quantitative estimate of drug-likeness (QED) is 0.521. The van der Waals surface area contributed by atoms with Crippen LogP contribution in [-0.4, -0.2) is 47.7 Å². The molecule has 1 aromatic heterocycles. The summed E-state index contributed by atoms with van der Waals surface area (Å²) in [6.07, 6.45) is -0.787. The van der Waals surface area contributed by atoms with Crippen molar-refractivity contribution in [2.75, 3.05) is 32.6 Å². The minimum atomic E-state index is -4.39. The van der Waals surface area contributed by atoms with Crippen LogP contribution in [0.15, 0.2) is 66.2 Å². The monoisotopic (exact) mass is 487 g/mol. The van der Waals surface area contributed by atoms with Gasteiger partial charge in [0.25, 0.3) is 5.91 Å². The maximum atomic E-state index is 12.8. The summed E-state index contributed by atoms with van der Waals surface area (Å²) < 4.78 is 51.0. The van der Waals surface area contributed by atoms with E-state index in [1.807, 2.05) is 24.1 Å². The number of amides is 1. The Bertz CT molecular complexity index is 1300. The smallest absolute Gasteiger partial charge is 0.416 e. The van der Waals surface area contributed by atoms with E-state index in [1.54, 1.807) is 29.8 Å². The van der Waals surface area contributed by atoms with E-state index in [1.165, 1.54) is 19.2 Å². The van der Waals surface area contributed by atoms with Gasteiger partial charge in [0.2, 0.25) is 5.95 Å². The van der Waals surface area contributed by atoms with Crippen LogP contribution in [0.5, 0.6) is 5.75 Å². The zero-order valence-electron chi connectivity index (χ0n) is 19.3. The number of rotatable bonds is 7. The molecule has 8 nitrogen and oxygen atoms in total. The summed E-state index contributed by atoms with van der Waals surface area (Å²) >= 11 is 0. The van der Waals surface area contributed by atoms with E-state index < -0.39 is 11.7 Å². The maximum Gasteiger partial charge on any atom is 0.416 e. The number of methoxy groups -OCH3 is 1. The number of alkyl halides is 3. The van der Waals surface area contributed by atoms with Crippen LogP contribution in [0.3, 0.4) is 0 Å². The Hall–Kier alpha value is -3.99. The van der Waals surface area contributed by atoms with Gasteiger partial charge in [0.05, 0.1) is 16.6 Å². The summed E-state index contributed by atoms with van der Waals surface area (Å²) in [6, 6.07) is 10.2. The van der Waals surface area contributed by atoms with Gasteiger partial charge in [-0.2, -0.15) is 13.2 Å². The molecule has 3 aromatic rings. The number of halogens is 3. The van der Waals surface area contributed by atoms with Gasteiger partial charge in [0.1, 0.15) is 23.9 Å². The van der Waals surface area contributed by atoms with E-state index in [0.29, 0.717) is 41.0 Å². The number of anilines is 2. The average molecular weight is 487 g/mol. The second kappa shape index (κ2) is 9.71. The fraction of sp³-hybridized carbons (Fsp3) is 0.250. The maximum absolute atomic E-state index is 12.8. The zero-order valence-corrected chi connectivity index (χ0v) is 19.3. The topological polar surface area (TPSA) is 80.6 Å². The molecule has 0 bridgehead atoms. The summed E-state index contributed by atoms with van der Waals surface area (Å²) in [7, 11) is 5.10. The lowest BCUT2D eigenvalue weighted by atomic mass is 10.2. The van der Waals surface area contributed by atoms with Crippen LogP contribution < -0.4 is 15.4 Å². The number of likely N-dealkylation sites (N-methyl/N-ethyl adjacent to an activating group) is 1. The first-order valence-electron chi connectivity index (χ1n) is 10.6. The molecule has 11 heteroatoms. The second-order valence-corrected chi connectivity index (χ2v) is 7.94. The molecule has 0 spiro atoms. The van der Waals surface area contributed by atoms with Crippen molar-refractivity contribution < 1.29 is 27.4 Å². The molecule has 4 rings (SSSR count). The highest BCUT2D eigenvalue weighted by atomic mass is 19.4. The molecule has 1 aliphatic rings. The molecular weight excluding hydrogens is 463 g/mol. The molecule has 0 aliphatic carbocycles. The lowest BCUT2D eigenvalue weighted by Gasteiger charge is -2.25. The number of nitrogens with zero attached hydrogens (tertiary/aromatic N) is 3. The van der Waals surface area contributed by atoms with Crippen molar-refractivity contribution >= 4 is 28.6 Å². The number of nitrogens with one attached hydrogen (secondary N) is 2. The van der Waals surface area contributed by atoms with Gasteiger partial charge < -0.3 is 29.6 Å². The van der Waals surface area contributed by atoms with Crippen molar-refractivity contribution in [3.8, 4) is 5.75 Å². The first-order chi connectivity index (χ1) is 16.6. The number of hydrogen-bond acceptors (Lipinski definition) is 6. The minimum absolute atomic E-state index is 0.0513. The highest BCUT2D eigenvalue weighted by molar-refractivity contribution is 5.81. The number of allylic oxidation sites excluding steroid dienone is 1. The molecular formula is C24H24F3N5O3. The fourth-order valence-corrected chi connectivity index (χ4v) is 3.50. The predicted molar refractivity (Wildman–Crippen MR) is 125 cm³/mol. The van der Waals surface area contributed by atoms with Gasteiger partial charge >= 0.3 is 6.18 Å². The molecule has 2 N–H and O–H groups in total. The van der Waals surface area contributed by atoms with Crippen LogP contribution >= 0.6 is 0 Å². The number of fused-ring (bicyclic) bond motifs is 1. The number of aryl methyl sites for hydroxylation is 1. The summed E-state index contributed by atoms with van der Waals surface area (Å²) in [5.41, 5.74) is 1.23. The minimum Gasteiger partial charge on any atom is -0.457 e. The van der Waals surface area contributed by atoms with Crippen molar-refractivity contribution in [2.45, 2.75) is 6.18 Å². The fourth-order valence-electron chi connectivity index (χ4n) is 3.50. The van der Waals surface area contributed by atoms with Crippen LogP contribution in [0.2, 0.25) is 0 Å². The molecule has 2 heterocycles. The van der Waals surface area contributed by atoms with Gasteiger partial charge in [-0.1, -0.05) is 0 Å². The highest BCUT2D eigenvalue weighted by Gasteiger charge is 2.30. The standard InChI is InChI=1S/C24H24F3N5O3/c1-31-11-10-18(13-21(31)30-22(33)14-34-3)35-17-8-9-20-19(12-17)29-23(32(20)2)28-16-6-4-15(5-7-16)24(25,26)27/h4-10,12-13H,11,14H2,1-3H3,(H,28,29)(H,30,33). The highest BCUT2D eigenvalue weighted by Crippen LogP contribution is 2.31. The van der Waals surface area contributed by atoms with Crippen molar-refractivity contribution in [3.63, 3.8) is 0 Å². The zero-order chi connectivity index (χ0) is 25.2. The lowest BCUT2D eigenvalue weighted by molar-refractivity contribution is -0.137. The van der Waals surface area contributed by atoms with Crippen LogP contribution in [-0.2, 0) is 22.8 Å². The molecule has 184 valence electrons. The molecule has 0 saturated carbocycles. The van der Waals surface area contributed by atoms with E-state index in [9.17, 15) is 18.0 Å². The number of carbonyl (C=O) groups is 1. The number of imidazole rings is 1. The molecule has 0 radical (unpaired) electrons. The average Bonchev–Trinajstić information content (AvgIpc) is 3.10. The molecule has 2 aromatic carbocycles. The number of hydrogen-bond donors (Lipinski definition) is 2. The largest absolute Gasteiger partial charge is 0.457 e. The first-order valence-corrected chi connectivity index (χ1v) is 10.6. The van der Waals surface area contributed by atoms with Crippen LogP contribution in [0, 0.1) is 0 Å². The number of ether oxygens (including phenoxy) is 2. The van der Waals surface area contributed by atoms with Crippen molar-refractivity contribution in [1.29, 1.82) is 0 Å². The third-order valence-corrected chi connectivity index (χ3v) is 5.36. The Labute approximate surface area is 199 Å². The first kappa shape index (κ1) is 24.1. The summed E-state index contributed by atoms with van der Waals surface area (Å²) in [5.74, 6) is 1.90. The molecule has 0 fully saturated rings. The second-order valence-electron chi connectivity index (χ2n) is 7.94. The summed E-state index contributed by atoms with van der Waals surface area (Å²) in [4.78, 5) is 18.3. The van der Waals surface area contributed by atoms with E-state index in [0.717, 1.165) is 17.6 Å². The molecule has 1 aliphatic heterocycles. The Morgan fingerprint density at radius 2 is 1.89 bits per heavy atom. The van der Waals surface area contributed by atoms with Crippen LogP contribution in [0.1, 0.15) is 5.56 Å². The Kier molecular flexibility index (Phi) is 6.70. The van der Waals surface area contributed by atoms with Crippen LogP contribution in [0.25, 0.3) is 11.0 Å². The van der Waals surface area contributed by atoms with Crippen molar-refractivity contribution in [2.24, 2.45) is 7.05 Å². The van der Waals surface area contributed by atoms with Gasteiger partial charge in [-0.15, -0.1) is 0 Å². The van der Waals surface area contributed by atoms with Gasteiger partial charge in [-0.25, -0.2) is 4.98 Å². The molecule has 0 saturated heterocycles. The summed E-state index contributed by atoms with van der Waals surface area (Å²) in [5, 5.41) is 5.82. The van der Waals surface area contributed by atoms with Gasteiger partial charge in [-0.3, -0.25) is 4.79 Å². The normalized spacial score (nSPS) is 13.9. The Morgan fingerprint density at radius 3 is 2.57 bits per heavy atom. The van der Waals surface area contributed by atoms with Gasteiger partial charge in [0, 0.05) is 45.6 Å². The van der Waals surface area contributed by atoms with Crippen LogP contribution in [0.4, 0.5) is 24.8 Å². The van der Waals surface area contributed by atoms with E-state index in [-0.39, 0.29) is 12.5 Å². The number of benzene rings is 2. The van der Waals surface area contributed by atoms with E-state index >= 15 is 0 Å². The molecule has 35 heavy (non-hydrogen) atoms. The summed E-state index contributed by atoms with van der Waals surface area (Å²) in [6.45, 7) is 0.492. The number of carbonyl (C=O) groups excluding carboxylic acids is 1. The van der Waals surface area contributed by atoms with E-state index in [4.69, 9.17) is 9.47 Å².